The third kappa shape index (κ3) is 3.17. The van der Waals surface area contributed by atoms with Gasteiger partial charge in [0.2, 0.25) is 0 Å². The van der Waals surface area contributed by atoms with Crippen LogP contribution < -0.4 is 0 Å². The molecule has 5 fully saturated rings. The van der Waals surface area contributed by atoms with Crippen LogP contribution in [0.3, 0.4) is 0 Å². The molecule has 0 aromatic rings. The highest BCUT2D eigenvalue weighted by molar-refractivity contribution is 5.25. The number of hydrogen-bond donors (Lipinski definition) is 4. The van der Waals surface area contributed by atoms with E-state index in [0.717, 1.165) is 38.5 Å². The Balaban J connectivity index is 1.52. The van der Waals surface area contributed by atoms with Gasteiger partial charge >= 0.3 is 0 Å². The summed E-state index contributed by atoms with van der Waals surface area (Å²) in [5, 5.41) is 45.9. The van der Waals surface area contributed by atoms with E-state index in [1.807, 2.05) is 6.92 Å². The van der Waals surface area contributed by atoms with E-state index in [4.69, 9.17) is 4.74 Å². The number of ether oxygens (including phenoxy) is 1. The van der Waals surface area contributed by atoms with Crippen LogP contribution in [0.25, 0.3) is 0 Å². The average molecular weight is 493 g/mol. The smallest absolute Gasteiger partial charge is 0.0991 e. The fourth-order valence-electron chi connectivity index (χ4n) is 11.1. The lowest BCUT2D eigenvalue weighted by atomic mass is 9.35. The summed E-state index contributed by atoms with van der Waals surface area (Å²) in [6, 6.07) is 0. The zero-order valence-corrected chi connectivity index (χ0v) is 23.5. The monoisotopic (exact) mass is 492 g/mol. The van der Waals surface area contributed by atoms with Crippen LogP contribution in [-0.2, 0) is 4.74 Å². The summed E-state index contributed by atoms with van der Waals surface area (Å²) in [5.74, 6) is 0.553. The lowest BCUT2D eigenvalue weighted by Gasteiger charge is -2.71. The molecular weight excluding hydrogens is 440 g/mol. The topological polar surface area (TPSA) is 90.2 Å². The van der Waals surface area contributed by atoms with Crippen molar-refractivity contribution in [3.8, 4) is 0 Å². The second kappa shape index (κ2) is 7.46. The van der Waals surface area contributed by atoms with Gasteiger partial charge in [0.25, 0.3) is 0 Å². The third-order valence-corrected chi connectivity index (χ3v) is 13.4. The van der Waals surface area contributed by atoms with E-state index in [0.29, 0.717) is 31.1 Å². The van der Waals surface area contributed by atoms with Gasteiger partial charge in [-0.05, 0) is 112 Å². The molecule has 0 aromatic heterocycles. The van der Waals surface area contributed by atoms with Gasteiger partial charge in [-0.2, -0.15) is 0 Å². The zero-order valence-electron chi connectivity index (χ0n) is 23.5. The molecule has 11 atom stereocenters. The maximum absolute atomic E-state index is 12.5. The highest BCUT2D eigenvalue weighted by Gasteiger charge is 2.75. The number of hydrogen-bond acceptors (Lipinski definition) is 5. The first kappa shape index (κ1) is 26.4. The van der Waals surface area contributed by atoms with E-state index in [-0.39, 0.29) is 39.8 Å². The van der Waals surface area contributed by atoms with Crippen molar-refractivity contribution in [2.24, 2.45) is 39.4 Å². The Morgan fingerprint density at radius 2 is 1.43 bits per heavy atom. The van der Waals surface area contributed by atoms with Crippen molar-refractivity contribution in [1.82, 2.24) is 0 Å². The van der Waals surface area contributed by atoms with Gasteiger partial charge in [-0.1, -0.05) is 34.6 Å². The maximum Gasteiger partial charge on any atom is 0.0991 e. The first-order valence-electron chi connectivity index (χ1n) is 14.4. The van der Waals surface area contributed by atoms with Gasteiger partial charge < -0.3 is 25.2 Å². The Labute approximate surface area is 213 Å². The predicted octanol–water partition coefficient (Wildman–Crippen LogP) is 4.83. The summed E-state index contributed by atoms with van der Waals surface area (Å²) >= 11 is 0. The number of aliphatic hydroxyl groups excluding tert-OH is 2. The molecule has 0 radical (unpaired) electrons. The molecule has 5 aliphatic rings. The number of fused-ring (bicyclic) bond motifs is 5. The molecule has 0 amide bonds. The predicted molar refractivity (Wildman–Crippen MR) is 137 cm³/mol. The highest BCUT2D eigenvalue weighted by Crippen LogP contribution is 2.76. The molecule has 0 spiro atoms. The Morgan fingerprint density at radius 3 is 2.03 bits per heavy atom. The second-order valence-electron chi connectivity index (χ2n) is 15.6. The largest absolute Gasteiger partial charge is 0.393 e. The first-order chi connectivity index (χ1) is 15.9. The summed E-state index contributed by atoms with van der Waals surface area (Å²) in [7, 11) is 0. The summed E-state index contributed by atoms with van der Waals surface area (Å²) in [5.41, 5.74) is -3.08. The van der Waals surface area contributed by atoms with Crippen LogP contribution in [-0.4, -0.2) is 55.5 Å². The average Bonchev–Trinajstić information content (AvgIpc) is 3.29. The van der Waals surface area contributed by atoms with Crippen molar-refractivity contribution in [3.63, 3.8) is 0 Å². The van der Waals surface area contributed by atoms with Crippen LogP contribution in [0.4, 0.5) is 0 Å². The number of rotatable bonds is 2. The molecule has 1 saturated heterocycles. The van der Waals surface area contributed by atoms with Crippen molar-refractivity contribution in [2.75, 3.05) is 0 Å². The van der Waals surface area contributed by atoms with Gasteiger partial charge in [0, 0.05) is 5.92 Å². The van der Waals surface area contributed by atoms with Crippen molar-refractivity contribution in [2.45, 2.75) is 148 Å². The lowest BCUT2D eigenvalue weighted by Crippen LogP contribution is -2.69. The Hall–Kier alpha value is -0.200. The second-order valence-corrected chi connectivity index (χ2v) is 15.6. The minimum Gasteiger partial charge on any atom is -0.393 e. The van der Waals surface area contributed by atoms with Gasteiger partial charge in [-0.25, -0.2) is 0 Å². The fraction of sp³-hybridized carbons (Fsp3) is 1.00. The Kier molecular flexibility index (Phi) is 5.63. The minimum atomic E-state index is -1.12. The summed E-state index contributed by atoms with van der Waals surface area (Å²) < 4.78 is 6.52. The molecule has 5 nitrogen and oxygen atoms in total. The standard InChI is InChI=1S/C30H52O5/c1-24(2)19-9-13-27(6)20(26(19,5)12-10-21(24)32)17-18(31)23-28(27,7)15-16-30(23,34)29(8)14-11-22(35-29)25(3,4)33/h18-23,31-34H,9-17H2,1-8H3/t18-,19+,20-,21-,22+,23-,26+,27-,28-,29-,30-/m1/s1. The molecule has 5 rings (SSSR count). The third-order valence-electron chi connectivity index (χ3n) is 13.4. The van der Waals surface area contributed by atoms with Crippen molar-refractivity contribution in [1.29, 1.82) is 0 Å². The van der Waals surface area contributed by atoms with E-state index in [2.05, 4.69) is 34.6 Å². The molecule has 35 heavy (non-hydrogen) atoms. The summed E-state index contributed by atoms with van der Waals surface area (Å²) in [6.07, 6.45) is 6.50. The van der Waals surface area contributed by atoms with E-state index in [1.165, 1.54) is 0 Å². The summed E-state index contributed by atoms with van der Waals surface area (Å²) in [4.78, 5) is 0. The van der Waals surface area contributed by atoms with Crippen LogP contribution in [0.5, 0.6) is 0 Å². The van der Waals surface area contributed by atoms with Gasteiger partial charge in [-0.3, -0.25) is 0 Å². The molecule has 0 aromatic carbocycles. The quantitative estimate of drug-likeness (QED) is 0.443. The fourth-order valence-corrected chi connectivity index (χ4v) is 11.1. The van der Waals surface area contributed by atoms with E-state index in [9.17, 15) is 20.4 Å². The Morgan fingerprint density at radius 1 is 0.771 bits per heavy atom. The van der Waals surface area contributed by atoms with E-state index < -0.39 is 22.9 Å². The van der Waals surface area contributed by atoms with Crippen LogP contribution in [0, 0.1) is 39.4 Å². The molecular formula is C30H52O5. The van der Waals surface area contributed by atoms with Gasteiger partial charge in [-0.15, -0.1) is 0 Å². The molecule has 202 valence electrons. The van der Waals surface area contributed by atoms with E-state index >= 15 is 0 Å². The molecule has 0 bridgehead atoms. The molecule has 1 heterocycles. The number of aliphatic hydroxyl groups is 4. The first-order valence-corrected chi connectivity index (χ1v) is 14.4. The van der Waals surface area contributed by atoms with Crippen molar-refractivity contribution < 1.29 is 25.2 Å². The zero-order chi connectivity index (χ0) is 26.0. The van der Waals surface area contributed by atoms with Gasteiger partial charge in [0.15, 0.2) is 0 Å². The van der Waals surface area contributed by atoms with Crippen LogP contribution in [0.1, 0.15) is 113 Å². The summed E-state index contributed by atoms with van der Waals surface area (Å²) in [6.45, 7) is 17.3. The normalized spacial score (nSPS) is 57.9. The molecule has 5 heteroatoms. The maximum atomic E-state index is 12.5. The molecule has 4 N–H and O–H groups in total. The van der Waals surface area contributed by atoms with E-state index in [1.54, 1.807) is 13.8 Å². The minimum absolute atomic E-state index is 0.00954. The van der Waals surface area contributed by atoms with Gasteiger partial charge in [0.05, 0.1) is 35.1 Å². The van der Waals surface area contributed by atoms with Crippen molar-refractivity contribution >= 4 is 0 Å². The van der Waals surface area contributed by atoms with Crippen molar-refractivity contribution in [3.05, 3.63) is 0 Å². The molecule has 4 aliphatic carbocycles. The van der Waals surface area contributed by atoms with Crippen LogP contribution in [0.15, 0.2) is 0 Å². The van der Waals surface area contributed by atoms with Crippen LogP contribution >= 0.6 is 0 Å². The van der Waals surface area contributed by atoms with Gasteiger partial charge in [0.1, 0.15) is 0 Å². The molecule has 0 unspecified atom stereocenters. The molecule has 1 aliphatic heterocycles. The SMILES string of the molecule is CC(C)(O)[C@@H]1CC[C@](C)([C@@]2(O)CC[C@]3(C)[C@H]2[C@H](O)C[C@@H]2[C@@]4(C)CC[C@@H](O)C(C)(C)[C@@H]4CC[C@]23C)O1. The van der Waals surface area contributed by atoms with Crippen LogP contribution in [0.2, 0.25) is 0 Å². The Bertz CT molecular complexity index is 865. The molecule has 4 saturated carbocycles. The highest BCUT2D eigenvalue weighted by atomic mass is 16.5. The lowest BCUT2D eigenvalue weighted by molar-refractivity contribution is -0.277.